The maximum Gasteiger partial charge on any atom is 0 e. The average Bonchev–Trinajstić information content (AvgIpc) is 0.811. The van der Waals surface area contributed by atoms with E-state index in [9.17, 15) is 0 Å². The van der Waals surface area contributed by atoms with Crippen molar-refractivity contribution >= 4 is 37.2 Å². The van der Waals surface area contributed by atoms with Crippen LogP contribution in [-0.2, 0) is 26.2 Å². The average molecular weight is 258 g/mol. The monoisotopic (exact) mass is 255 g/mol. The molecule has 0 atom stereocenters. The van der Waals surface area contributed by atoms with E-state index in [4.69, 9.17) is 0 Å². The molecular formula is C4H12Cl3Zr-. The first-order valence-corrected chi connectivity index (χ1v) is 1.56. The second kappa shape index (κ2) is 23.3. The predicted octanol–water partition coefficient (Wildman–Crippen LogP) is 2.74. The normalized spacial score (nSPS) is 4.50. The molecular weight excluding hydrogens is 246 g/mol. The molecule has 0 aromatic rings. The summed E-state index contributed by atoms with van der Waals surface area (Å²) in [4.78, 5) is 0. The van der Waals surface area contributed by atoms with Crippen molar-refractivity contribution in [2.24, 2.45) is 5.92 Å². The molecule has 54 valence electrons. The summed E-state index contributed by atoms with van der Waals surface area (Å²) >= 11 is 0. The summed E-state index contributed by atoms with van der Waals surface area (Å²) in [6.45, 7) is 7.75. The molecule has 0 rings (SSSR count). The second-order valence-electron chi connectivity index (χ2n) is 1.39. The van der Waals surface area contributed by atoms with Gasteiger partial charge in [0.15, 0.2) is 0 Å². The summed E-state index contributed by atoms with van der Waals surface area (Å²) in [5.41, 5.74) is 0. The van der Waals surface area contributed by atoms with Gasteiger partial charge >= 0.3 is 0 Å². The molecule has 4 heteroatoms. The minimum absolute atomic E-state index is 0. The first kappa shape index (κ1) is 33.1. The minimum Gasteiger partial charge on any atom is -0.341 e. The zero-order valence-electron chi connectivity index (χ0n) is 5.01. The van der Waals surface area contributed by atoms with Crippen LogP contribution in [0.4, 0.5) is 0 Å². The molecule has 0 fully saturated rings. The maximum absolute atomic E-state index is 3.64. The molecule has 0 aliphatic rings. The van der Waals surface area contributed by atoms with Crippen molar-refractivity contribution in [1.29, 1.82) is 0 Å². The molecule has 0 aliphatic carbocycles. The van der Waals surface area contributed by atoms with E-state index in [-0.39, 0.29) is 63.4 Å². The van der Waals surface area contributed by atoms with E-state index in [1.54, 1.807) is 0 Å². The van der Waals surface area contributed by atoms with Crippen LogP contribution in [0.3, 0.4) is 0 Å². The molecule has 0 spiro atoms. The third kappa shape index (κ3) is 115. The van der Waals surface area contributed by atoms with Crippen molar-refractivity contribution in [3.8, 4) is 0 Å². The summed E-state index contributed by atoms with van der Waals surface area (Å²) in [6.07, 6.45) is 0. The zero-order chi connectivity index (χ0) is 3.58. The maximum atomic E-state index is 3.64. The van der Waals surface area contributed by atoms with Gasteiger partial charge in [-0.15, -0.1) is 37.2 Å². The van der Waals surface area contributed by atoms with Crippen LogP contribution in [0, 0.1) is 12.8 Å². The van der Waals surface area contributed by atoms with Gasteiger partial charge in [0.25, 0.3) is 0 Å². The van der Waals surface area contributed by atoms with E-state index in [2.05, 4.69) is 20.8 Å². The summed E-state index contributed by atoms with van der Waals surface area (Å²) in [6, 6.07) is 0. The molecule has 0 unspecified atom stereocenters. The van der Waals surface area contributed by atoms with Crippen LogP contribution in [0.25, 0.3) is 0 Å². The van der Waals surface area contributed by atoms with Gasteiger partial charge in [0.2, 0.25) is 0 Å². The third-order valence-corrected chi connectivity index (χ3v) is 0. The smallest absolute Gasteiger partial charge is 0 e. The van der Waals surface area contributed by atoms with Gasteiger partial charge in [0, 0.05) is 26.2 Å². The van der Waals surface area contributed by atoms with E-state index in [0.29, 0.717) is 5.92 Å². The Labute approximate surface area is 89.5 Å². The molecule has 0 N–H and O–H groups in total. The molecule has 8 heavy (non-hydrogen) atoms. The second-order valence-corrected chi connectivity index (χ2v) is 1.39. The fourth-order valence-electron chi connectivity index (χ4n) is 0. The van der Waals surface area contributed by atoms with E-state index < -0.39 is 0 Å². The van der Waals surface area contributed by atoms with Crippen LogP contribution in [0.15, 0.2) is 0 Å². The van der Waals surface area contributed by atoms with Gasteiger partial charge in [-0.3, -0.25) is 0 Å². The van der Waals surface area contributed by atoms with Crippen molar-refractivity contribution in [3.63, 3.8) is 0 Å². The van der Waals surface area contributed by atoms with Crippen molar-refractivity contribution in [2.75, 3.05) is 0 Å². The van der Waals surface area contributed by atoms with Gasteiger partial charge in [-0.2, -0.15) is 5.92 Å². The van der Waals surface area contributed by atoms with Crippen molar-refractivity contribution in [3.05, 3.63) is 6.92 Å². The van der Waals surface area contributed by atoms with Gasteiger partial charge in [-0.1, -0.05) is 13.8 Å². The largest absolute Gasteiger partial charge is 0.341 e. The van der Waals surface area contributed by atoms with E-state index in [0.717, 1.165) is 0 Å². The molecule has 0 amide bonds. The Morgan fingerprint density at radius 2 is 1.00 bits per heavy atom. The summed E-state index contributed by atoms with van der Waals surface area (Å²) in [7, 11) is 0. The van der Waals surface area contributed by atoms with Crippen LogP contribution in [0.5, 0.6) is 0 Å². The molecule has 0 aromatic carbocycles. The van der Waals surface area contributed by atoms with Crippen molar-refractivity contribution in [1.82, 2.24) is 0 Å². The summed E-state index contributed by atoms with van der Waals surface area (Å²) < 4.78 is 0. The molecule has 0 radical (unpaired) electrons. The first-order valence-electron chi connectivity index (χ1n) is 1.56. The number of hydrogen-bond acceptors (Lipinski definition) is 0. The third-order valence-electron chi connectivity index (χ3n) is 0. The predicted molar refractivity (Wildman–Crippen MR) is 41.9 cm³/mol. The van der Waals surface area contributed by atoms with E-state index in [1.165, 1.54) is 0 Å². The molecule has 0 heterocycles. The molecule has 0 saturated carbocycles. The van der Waals surface area contributed by atoms with E-state index >= 15 is 0 Å². The zero-order valence-corrected chi connectivity index (χ0v) is 9.92. The molecule has 0 nitrogen and oxygen atoms in total. The van der Waals surface area contributed by atoms with Gasteiger partial charge in [0.05, 0.1) is 0 Å². The topological polar surface area (TPSA) is 0 Å². The number of rotatable bonds is 0. The molecule has 0 aliphatic heterocycles. The van der Waals surface area contributed by atoms with Gasteiger partial charge < -0.3 is 6.92 Å². The summed E-state index contributed by atoms with van der Waals surface area (Å²) in [5.74, 6) is 0.583. The van der Waals surface area contributed by atoms with Gasteiger partial charge in [-0.25, -0.2) is 0 Å². The Morgan fingerprint density at radius 1 is 1.00 bits per heavy atom. The Kier molecular flexibility index (Phi) is 96.3. The quantitative estimate of drug-likeness (QED) is 0.586. The van der Waals surface area contributed by atoms with Crippen LogP contribution in [0.2, 0.25) is 0 Å². The Hall–Kier alpha value is 1.75. The van der Waals surface area contributed by atoms with Crippen LogP contribution >= 0.6 is 37.2 Å². The number of halogens is 3. The van der Waals surface area contributed by atoms with Crippen molar-refractivity contribution < 1.29 is 26.2 Å². The Balaban J connectivity index is -0.00000000750. The molecule has 0 aromatic heterocycles. The Bertz CT molecular complexity index is 16.0. The molecule has 0 bridgehead atoms. The minimum atomic E-state index is 0. The number of hydrogen-bond donors (Lipinski definition) is 0. The summed E-state index contributed by atoms with van der Waals surface area (Å²) in [5, 5.41) is 0. The van der Waals surface area contributed by atoms with Gasteiger partial charge in [-0.05, 0) is 0 Å². The SMILES string of the molecule is Cl.Cl.Cl.[CH2-]C(C)C.[Zr]. The fourth-order valence-corrected chi connectivity index (χ4v) is 0. The fraction of sp³-hybridized carbons (Fsp3) is 0.750. The molecule has 0 saturated heterocycles. The standard InChI is InChI=1S/C4H9.3ClH.Zr/c1-4(2)3;;;;/h4H,1H2,2-3H3;3*1H;/q-1;;;;. The van der Waals surface area contributed by atoms with E-state index in [1.807, 2.05) is 0 Å². The Morgan fingerprint density at radius 3 is 1.00 bits per heavy atom. The van der Waals surface area contributed by atoms with Crippen LogP contribution in [0.1, 0.15) is 13.8 Å². The van der Waals surface area contributed by atoms with Crippen molar-refractivity contribution in [2.45, 2.75) is 13.8 Å². The van der Waals surface area contributed by atoms with Crippen LogP contribution < -0.4 is 0 Å². The first-order chi connectivity index (χ1) is 1.73. The van der Waals surface area contributed by atoms with Crippen LogP contribution in [-0.4, -0.2) is 0 Å². The van der Waals surface area contributed by atoms with Gasteiger partial charge in [0.1, 0.15) is 0 Å².